The molecule has 1 N–H and O–H groups in total. The quantitative estimate of drug-likeness (QED) is 0.862. The monoisotopic (exact) mass is 396 g/mol. The van der Waals surface area contributed by atoms with Gasteiger partial charge >= 0.3 is 0 Å². The molecule has 2 saturated heterocycles. The lowest BCUT2D eigenvalue weighted by Crippen LogP contribution is -2.61. The number of phenols is 1. The highest BCUT2D eigenvalue weighted by atomic mass is 19.1. The van der Waals surface area contributed by atoms with Crippen molar-refractivity contribution in [3.05, 3.63) is 65.5 Å². The zero-order valence-electron chi connectivity index (χ0n) is 16.3. The van der Waals surface area contributed by atoms with Gasteiger partial charge in [-0.3, -0.25) is 9.59 Å². The normalized spacial score (nSPS) is 21.8. The summed E-state index contributed by atoms with van der Waals surface area (Å²) in [6.07, 6.45) is 3.65. The molecule has 2 aromatic rings. The summed E-state index contributed by atoms with van der Waals surface area (Å²) in [7, 11) is 0. The molecule has 1 atom stereocenters. The predicted molar refractivity (Wildman–Crippen MR) is 107 cm³/mol. The first-order chi connectivity index (χ1) is 14.0. The first-order valence-electron chi connectivity index (χ1n) is 10.1. The number of rotatable bonds is 4. The van der Waals surface area contributed by atoms with Crippen molar-refractivity contribution >= 4 is 11.8 Å². The van der Waals surface area contributed by atoms with Crippen molar-refractivity contribution in [1.29, 1.82) is 0 Å². The van der Waals surface area contributed by atoms with Gasteiger partial charge in [-0.1, -0.05) is 30.3 Å². The number of piperidine rings is 1. The van der Waals surface area contributed by atoms with Crippen molar-refractivity contribution in [2.75, 3.05) is 19.6 Å². The van der Waals surface area contributed by atoms with Gasteiger partial charge in [0.15, 0.2) is 11.6 Å². The minimum Gasteiger partial charge on any atom is -0.505 e. The molecule has 5 nitrogen and oxygen atoms in total. The molecule has 2 aliphatic rings. The van der Waals surface area contributed by atoms with Crippen LogP contribution in [0.1, 0.15) is 41.6 Å². The van der Waals surface area contributed by atoms with E-state index in [-0.39, 0.29) is 17.4 Å². The summed E-state index contributed by atoms with van der Waals surface area (Å²) < 4.78 is 13.8. The Bertz CT molecular complexity index is 918. The molecule has 2 heterocycles. The second-order valence-electron chi connectivity index (χ2n) is 7.89. The lowest BCUT2D eigenvalue weighted by Gasteiger charge is -2.44. The number of halogens is 1. The lowest BCUT2D eigenvalue weighted by atomic mass is 9.84. The van der Waals surface area contributed by atoms with Crippen molar-refractivity contribution in [3.63, 3.8) is 0 Å². The molecule has 6 heteroatoms. The summed E-state index contributed by atoms with van der Waals surface area (Å²) in [5.41, 5.74) is 0.509. The van der Waals surface area contributed by atoms with Crippen molar-refractivity contribution in [1.82, 2.24) is 9.80 Å². The van der Waals surface area contributed by atoms with Crippen LogP contribution in [-0.2, 0) is 11.2 Å². The number of benzene rings is 2. The molecule has 0 bridgehead atoms. The van der Waals surface area contributed by atoms with Crippen molar-refractivity contribution < 1.29 is 19.1 Å². The van der Waals surface area contributed by atoms with Gasteiger partial charge in [0.25, 0.3) is 5.91 Å². The Kier molecular flexibility index (Phi) is 5.26. The fraction of sp³-hybridized carbons (Fsp3) is 0.391. The smallest absolute Gasteiger partial charge is 0.254 e. The largest absolute Gasteiger partial charge is 0.505 e. The average molecular weight is 396 g/mol. The molecule has 2 fully saturated rings. The maximum atomic E-state index is 13.8. The molecule has 1 unspecified atom stereocenters. The van der Waals surface area contributed by atoms with E-state index >= 15 is 0 Å². The Morgan fingerprint density at radius 3 is 2.52 bits per heavy atom. The number of carbonyl (C=O) groups excluding carboxylic acids is 2. The van der Waals surface area contributed by atoms with Crippen LogP contribution in [0.15, 0.2) is 48.5 Å². The molecular formula is C23H25FN2O3. The Labute approximate surface area is 169 Å². The van der Waals surface area contributed by atoms with Gasteiger partial charge in [0.1, 0.15) is 5.54 Å². The summed E-state index contributed by atoms with van der Waals surface area (Å²) in [4.78, 5) is 30.1. The van der Waals surface area contributed by atoms with Gasteiger partial charge < -0.3 is 14.9 Å². The Balaban J connectivity index is 1.53. The lowest BCUT2D eigenvalue weighted by molar-refractivity contribution is -0.145. The van der Waals surface area contributed by atoms with Gasteiger partial charge in [-0.2, -0.15) is 0 Å². The van der Waals surface area contributed by atoms with E-state index in [1.807, 2.05) is 23.1 Å². The van der Waals surface area contributed by atoms with Crippen LogP contribution in [0.5, 0.6) is 5.75 Å². The number of hydrogen-bond acceptors (Lipinski definition) is 3. The van der Waals surface area contributed by atoms with Crippen LogP contribution in [-0.4, -0.2) is 51.9 Å². The van der Waals surface area contributed by atoms with E-state index in [1.54, 1.807) is 4.90 Å². The zero-order valence-corrected chi connectivity index (χ0v) is 16.3. The van der Waals surface area contributed by atoms with E-state index in [4.69, 9.17) is 0 Å². The van der Waals surface area contributed by atoms with Gasteiger partial charge in [0.05, 0.1) is 0 Å². The fourth-order valence-corrected chi connectivity index (χ4v) is 4.64. The average Bonchev–Trinajstić information content (AvgIpc) is 3.16. The molecule has 2 amide bonds. The van der Waals surface area contributed by atoms with Gasteiger partial charge in [0.2, 0.25) is 5.91 Å². The molecule has 152 valence electrons. The van der Waals surface area contributed by atoms with Crippen LogP contribution >= 0.6 is 0 Å². The van der Waals surface area contributed by atoms with Crippen LogP contribution in [0, 0.1) is 5.82 Å². The highest BCUT2D eigenvalue weighted by Crippen LogP contribution is 2.39. The van der Waals surface area contributed by atoms with E-state index in [0.717, 1.165) is 25.3 Å². The third-order valence-corrected chi connectivity index (χ3v) is 6.15. The maximum Gasteiger partial charge on any atom is 0.254 e. The van der Waals surface area contributed by atoms with E-state index in [9.17, 15) is 19.1 Å². The van der Waals surface area contributed by atoms with Crippen molar-refractivity contribution in [2.24, 2.45) is 0 Å². The van der Waals surface area contributed by atoms with Crippen LogP contribution in [0.25, 0.3) is 0 Å². The second kappa shape index (κ2) is 7.85. The first-order valence-corrected chi connectivity index (χ1v) is 10.1. The molecule has 29 heavy (non-hydrogen) atoms. The third-order valence-electron chi connectivity index (χ3n) is 6.15. The molecule has 2 aliphatic heterocycles. The van der Waals surface area contributed by atoms with Crippen LogP contribution in [0.3, 0.4) is 0 Å². The van der Waals surface area contributed by atoms with Crippen LogP contribution in [0.2, 0.25) is 0 Å². The number of hydrogen-bond donors (Lipinski definition) is 1. The standard InChI is InChI=1S/C23H25FN2O3/c24-19-16-18(8-9-20(19)27)21(28)26-14-5-12-23(26)11-4-13-25(22(23)29)15-10-17-6-2-1-3-7-17/h1-3,6-9,16,27H,4-5,10-15H2. The highest BCUT2D eigenvalue weighted by molar-refractivity contribution is 6.00. The minimum atomic E-state index is -0.833. The van der Waals surface area contributed by atoms with Crippen molar-refractivity contribution in [3.8, 4) is 5.75 Å². The van der Waals surface area contributed by atoms with Crippen molar-refractivity contribution in [2.45, 2.75) is 37.6 Å². The Morgan fingerprint density at radius 1 is 1.07 bits per heavy atom. The molecule has 2 aromatic carbocycles. The molecule has 0 aliphatic carbocycles. The van der Waals surface area contributed by atoms with Crippen LogP contribution in [0.4, 0.5) is 4.39 Å². The number of nitrogens with zero attached hydrogens (tertiary/aromatic N) is 2. The number of amides is 2. The second-order valence-corrected chi connectivity index (χ2v) is 7.89. The topological polar surface area (TPSA) is 60.9 Å². The summed E-state index contributed by atoms with van der Waals surface area (Å²) >= 11 is 0. The van der Waals surface area contributed by atoms with Gasteiger partial charge in [-0.15, -0.1) is 0 Å². The summed E-state index contributed by atoms with van der Waals surface area (Å²) in [5, 5.41) is 9.40. The summed E-state index contributed by atoms with van der Waals surface area (Å²) in [5.74, 6) is -1.66. The zero-order chi connectivity index (χ0) is 20.4. The van der Waals surface area contributed by atoms with Gasteiger partial charge in [-0.05, 0) is 55.9 Å². The van der Waals surface area contributed by atoms with Gasteiger partial charge in [0, 0.05) is 25.2 Å². The third kappa shape index (κ3) is 3.59. The molecule has 0 aromatic heterocycles. The molecule has 4 rings (SSSR count). The number of carbonyl (C=O) groups is 2. The summed E-state index contributed by atoms with van der Waals surface area (Å²) in [6.45, 7) is 1.81. The molecule has 1 spiro atoms. The number of likely N-dealkylation sites (tertiary alicyclic amines) is 2. The molecular weight excluding hydrogens is 371 g/mol. The van der Waals surface area contributed by atoms with E-state index in [2.05, 4.69) is 12.1 Å². The molecule has 0 saturated carbocycles. The highest BCUT2D eigenvalue weighted by Gasteiger charge is 2.52. The minimum absolute atomic E-state index is 0.00443. The number of aromatic hydroxyl groups is 1. The molecule has 0 radical (unpaired) electrons. The fourth-order valence-electron chi connectivity index (χ4n) is 4.64. The van der Waals surface area contributed by atoms with E-state index in [1.165, 1.54) is 17.7 Å². The first kappa shape index (κ1) is 19.4. The number of phenolic OH excluding ortho intramolecular Hbond substituents is 1. The van der Waals surface area contributed by atoms with Crippen LogP contribution < -0.4 is 0 Å². The van der Waals surface area contributed by atoms with Gasteiger partial charge in [-0.25, -0.2) is 4.39 Å². The predicted octanol–water partition coefficient (Wildman–Crippen LogP) is 3.37. The SMILES string of the molecule is O=C(c1ccc(O)c(F)c1)N1CCCC12CCCN(CCc1ccccc1)C2=O. The van der Waals surface area contributed by atoms with E-state index in [0.29, 0.717) is 32.5 Å². The van der Waals surface area contributed by atoms with E-state index < -0.39 is 17.1 Å². The maximum absolute atomic E-state index is 13.8. The Morgan fingerprint density at radius 2 is 1.79 bits per heavy atom. The summed E-state index contributed by atoms with van der Waals surface area (Å²) in [6, 6.07) is 13.7. The Hall–Kier alpha value is -2.89.